The number of hydrogen-bond acceptors (Lipinski definition) is 3. The number of hydrogen-bond donors (Lipinski definition) is 1. The fourth-order valence-electron chi connectivity index (χ4n) is 3.00. The van der Waals surface area contributed by atoms with Crippen LogP contribution in [0.3, 0.4) is 0 Å². The van der Waals surface area contributed by atoms with Crippen molar-refractivity contribution in [1.29, 1.82) is 0 Å². The zero-order chi connectivity index (χ0) is 16.8. The van der Waals surface area contributed by atoms with Crippen molar-refractivity contribution in [2.75, 3.05) is 6.54 Å². The Morgan fingerprint density at radius 1 is 1.17 bits per heavy atom. The van der Waals surface area contributed by atoms with Gasteiger partial charge in [0, 0.05) is 17.6 Å². The summed E-state index contributed by atoms with van der Waals surface area (Å²) in [6, 6.07) is 11.2. The van der Waals surface area contributed by atoms with Gasteiger partial charge in [-0.25, -0.2) is 4.98 Å². The fraction of sp³-hybridized carbons (Fsp3) is 0.368. The van der Waals surface area contributed by atoms with E-state index in [-0.39, 0.29) is 5.91 Å². The molecule has 1 N–H and O–H groups in total. The lowest BCUT2D eigenvalue weighted by Gasteiger charge is -2.21. The number of rotatable bonds is 5. The Kier molecular flexibility index (Phi) is 6.16. The largest absolute Gasteiger partial charge is 0.352 e. The summed E-state index contributed by atoms with van der Waals surface area (Å²) >= 11 is 7.65. The minimum atomic E-state index is -0.0526. The van der Waals surface area contributed by atoms with Crippen molar-refractivity contribution in [2.45, 2.75) is 42.0 Å². The van der Waals surface area contributed by atoms with Gasteiger partial charge in [0.25, 0.3) is 5.91 Å². The zero-order valence-corrected chi connectivity index (χ0v) is 15.1. The second-order valence-electron chi connectivity index (χ2n) is 6.10. The molecule has 1 aromatic heterocycles. The zero-order valence-electron chi connectivity index (χ0n) is 13.5. The molecule has 1 aromatic carbocycles. The summed E-state index contributed by atoms with van der Waals surface area (Å²) in [4.78, 5) is 17.9. The highest BCUT2D eigenvalue weighted by molar-refractivity contribution is 7.99. The van der Waals surface area contributed by atoms with Crippen LogP contribution >= 0.6 is 23.4 Å². The van der Waals surface area contributed by atoms with E-state index in [4.69, 9.17) is 11.6 Å². The van der Waals surface area contributed by atoms with Crippen molar-refractivity contribution >= 4 is 29.3 Å². The summed E-state index contributed by atoms with van der Waals surface area (Å²) in [5, 5.41) is 4.44. The van der Waals surface area contributed by atoms with E-state index in [2.05, 4.69) is 10.3 Å². The monoisotopic (exact) mass is 360 g/mol. The van der Waals surface area contributed by atoms with Gasteiger partial charge in [0.15, 0.2) is 0 Å². The van der Waals surface area contributed by atoms with Gasteiger partial charge in [0.2, 0.25) is 0 Å². The molecule has 0 saturated heterocycles. The molecule has 0 unspecified atom stereocenters. The topological polar surface area (TPSA) is 42.0 Å². The Hall–Kier alpha value is -1.52. The second-order valence-corrected chi connectivity index (χ2v) is 7.54. The Balaban J connectivity index is 1.69. The smallest absolute Gasteiger partial charge is 0.254 e. The molecule has 126 valence electrons. The summed E-state index contributed by atoms with van der Waals surface area (Å²) in [6.07, 6.45) is 8.02. The molecule has 1 saturated carbocycles. The first-order valence-corrected chi connectivity index (χ1v) is 9.59. The number of halogens is 1. The molecule has 1 aliphatic rings. The van der Waals surface area contributed by atoms with Crippen LogP contribution in [0.25, 0.3) is 0 Å². The number of pyridine rings is 1. The first-order chi connectivity index (χ1) is 11.7. The van der Waals surface area contributed by atoms with Crippen molar-refractivity contribution in [3.63, 3.8) is 0 Å². The predicted molar refractivity (Wildman–Crippen MR) is 98.7 cm³/mol. The van der Waals surface area contributed by atoms with Crippen molar-refractivity contribution in [3.8, 4) is 0 Å². The van der Waals surface area contributed by atoms with E-state index in [1.165, 1.54) is 43.9 Å². The molecule has 2 aromatic rings. The van der Waals surface area contributed by atoms with Crippen LogP contribution in [0.1, 0.15) is 42.5 Å². The molecule has 5 heteroatoms. The maximum absolute atomic E-state index is 12.6. The molecule has 0 radical (unpaired) electrons. The minimum absolute atomic E-state index is 0.0526. The average Bonchev–Trinajstić information content (AvgIpc) is 2.63. The van der Waals surface area contributed by atoms with Crippen molar-refractivity contribution in [2.24, 2.45) is 5.92 Å². The molecule has 1 fully saturated rings. The minimum Gasteiger partial charge on any atom is -0.352 e. The van der Waals surface area contributed by atoms with Gasteiger partial charge < -0.3 is 5.32 Å². The molecule has 1 aliphatic carbocycles. The maximum Gasteiger partial charge on any atom is 0.254 e. The molecule has 0 bridgehead atoms. The van der Waals surface area contributed by atoms with Gasteiger partial charge in [-0.1, -0.05) is 54.8 Å². The summed E-state index contributed by atoms with van der Waals surface area (Å²) in [6.45, 7) is 0.754. The molecule has 0 atom stereocenters. The molecule has 1 heterocycles. The van der Waals surface area contributed by atoms with Crippen LogP contribution in [0.4, 0.5) is 0 Å². The maximum atomic E-state index is 12.6. The standard InChI is InChI=1S/C19H21ClN2OS/c20-16-10-4-5-11-17(16)24-19-15(9-6-12-21-19)18(23)22-13-14-7-2-1-3-8-14/h4-6,9-12,14H,1-3,7-8,13H2,(H,22,23). The number of benzene rings is 1. The lowest BCUT2D eigenvalue weighted by atomic mass is 9.89. The third-order valence-electron chi connectivity index (χ3n) is 4.34. The SMILES string of the molecule is O=C(NCC1CCCCC1)c1cccnc1Sc1ccccc1Cl. The Morgan fingerprint density at radius 3 is 2.75 bits per heavy atom. The predicted octanol–water partition coefficient (Wildman–Crippen LogP) is 5.20. The van der Waals surface area contributed by atoms with E-state index in [1.54, 1.807) is 12.3 Å². The van der Waals surface area contributed by atoms with Crippen LogP contribution in [0.15, 0.2) is 52.5 Å². The normalized spacial score (nSPS) is 15.2. The molecule has 24 heavy (non-hydrogen) atoms. The van der Waals surface area contributed by atoms with Crippen molar-refractivity contribution in [3.05, 3.63) is 53.2 Å². The average molecular weight is 361 g/mol. The summed E-state index contributed by atoms with van der Waals surface area (Å²) in [7, 11) is 0. The number of nitrogens with one attached hydrogen (secondary N) is 1. The van der Waals surface area contributed by atoms with Gasteiger partial charge >= 0.3 is 0 Å². The molecule has 0 spiro atoms. The van der Waals surface area contributed by atoms with Crippen molar-refractivity contribution < 1.29 is 4.79 Å². The van der Waals surface area contributed by atoms with E-state index in [1.807, 2.05) is 30.3 Å². The number of aromatic nitrogens is 1. The number of amides is 1. The lowest BCUT2D eigenvalue weighted by molar-refractivity contribution is 0.0940. The first-order valence-electron chi connectivity index (χ1n) is 8.39. The summed E-state index contributed by atoms with van der Waals surface area (Å²) in [5.74, 6) is 0.558. The van der Waals surface area contributed by atoms with E-state index >= 15 is 0 Å². The van der Waals surface area contributed by atoms with Crippen LogP contribution in [-0.2, 0) is 0 Å². The van der Waals surface area contributed by atoms with Gasteiger partial charge in [0.1, 0.15) is 5.03 Å². The molecular weight excluding hydrogens is 340 g/mol. The highest BCUT2D eigenvalue weighted by Gasteiger charge is 2.17. The summed E-state index contributed by atoms with van der Waals surface area (Å²) in [5.41, 5.74) is 0.609. The Bertz CT molecular complexity index is 701. The highest BCUT2D eigenvalue weighted by atomic mass is 35.5. The first kappa shape index (κ1) is 17.3. The third-order valence-corrected chi connectivity index (χ3v) is 5.87. The molecule has 3 rings (SSSR count). The van der Waals surface area contributed by atoms with Gasteiger partial charge in [-0.2, -0.15) is 0 Å². The second kappa shape index (κ2) is 8.54. The van der Waals surface area contributed by atoms with E-state index < -0.39 is 0 Å². The van der Waals surface area contributed by atoms with Crippen LogP contribution in [0.5, 0.6) is 0 Å². The number of carbonyl (C=O) groups excluding carboxylic acids is 1. The highest BCUT2D eigenvalue weighted by Crippen LogP contribution is 2.33. The number of carbonyl (C=O) groups is 1. The van der Waals surface area contributed by atoms with Crippen LogP contribution in [-0.4, -0.2) is 17.4 Å². The van der Waals surface area contributed by atoms with Gasteiger partial charge in [0.05, 0.1) is 10.6 Å². The lowest BCUT2D eigenvalue weighted by Crippen LogP contribution is -2.30. The van der Waals surface area contributed by atoms with Crippen LogP contribution in [0.2, 0.25) is 5.02 Å². The molecule has 1 amide bonds. The van der Waals surface area contributed by atoms with Gasteiger partial charge in [-0.15, -0.1) is 0 Å². The quantitative estimate of drug-likeness (QED) is 0.797. The van der Waals surface area contributed by atoms with Gasteiger partial charge in [-0.3, -0.25) is 4.79 Å². The third kappa shape index (κ3) is 4.52. The van der Waals surface area contributed by atoms with E-state index in [9.17, 15) is 4.79 Å². The number of nitrogens with zero attached hydrogens (tertiary/aromatic N) is 1. The van der Waals surface area contributed by atoms with Gasteiger partial charge in [-0.05, 0) is 43.0 Å². The van der Waals surface area contributed by atoms with Crippen LogP contribution < -0.4 is 5.32 Å². The molecular formula is C19H21ClN2OS. The molecule has 0 aliphatic heterocycles. The van der Waals surface area contributed by atoms with E-state index in [0.29, 0.717) is 21.5 Å². The Labute approximate surface area is 152 Å². The summed E-state index contributed by atoms with van der Waals surface area (Å²) < 4.78 is 0. The molecule has 3 nitrogen and oxygen atoms in total. The van der Waals surface area contributed by atoms with E-state index in [0.717, 1.165) is 11.4 Å². The van der Waals surface area contributed by atoms with Crippen molar-refractivity contribution in [1.82, 2.24) is 10.3 Å². The van der Waals surface area contributed by atoms with Crippen LogP contribution in [0, 0.1) is 5.92 Å². The Morgan fingerprint density at radius 2 is 1.96 bits per heavy atom. The fourth-order valence-corrected chi connectivity index (χ4v) is 4.16.